The van der Waals surface area contributed by atoms with Crippen molar-refractivity contribution < 1.29 is 0 Å². The average molecular weight is 235 g/mol. The summed E-state index contributed by atoms with van der Waals surface area (Å²) in [6, 6.07) is 0.711. The minimum absolute atomic E-state index is 0.711. The van der Waals surface area contributed by atoms with Crippen LogP contribution in [0.3, 0.4) is 0 Å². The van der Waals surface area contributed by atoms with E-state index < -0.39 is 0 Å². The average Bonchev–Trinajstić information content (AvgIpc) is 2.82. The molecule has 5 nitrogen and oxygen atoms in total. The summed E-state index contributed by atoms with van der Waals surface area (Å²) in [5.41, 5.74) is 2.09. The Morgan fingerprint density at radius 3 is 3.06 bits per heavy atom. The van der Waals surface area contributed by atoms with Crippen LogP contribution >= 0.6 is 11.3 Å². The molecule has 0 aromatic carbocycles. The SMILES string of the molecule is Cc1[nH]ncc1-c1nnc(CNC2CC2)s1. The normalized spacial score (nSPS) is 15.6. The van der Waals surface area contributed by atoms with E-state index in [-0.39, 0.29) is 0 Å². The number of aryl methyl sites for hydroxylation is 1. The summed E-state index contributed by atoms with van der Waals surface area (Å²) in [5, 5.41) is 20.7. The van der Waals surface area contributed by atoms with Crippen LogP contribution in [0.15, 0.2) is 6.20 Å². The zero-order valence-electron chi connectivity index (χ0n) is 9.03. The van der Waals surface area contributed by atoms with Crippen LogP contribution in [0.25, 0.3) is 10.6 Å². The van der Waals surface area contributed by atoms with E-state index >= 15 is 0 Å². The third kappa shape index (κ3) is 1.98. The summed E-state index contributed by atoms with van der Waals surface area (Å²) in [7, 11) is 0. The fourth-order valence-corrected chi connectivity index (χ4v) is 2.38. The maximum Gasteiger partial charge on any atom is 0.151 e. The van der Waals surface area contributed by atoms with Gasteiger partial charge < -0.3 is 5.32 Å². The van der Waals surface area contributed by atoms with Gasteiger partial charge in [0.2, 0.25) is 0 Å². The lowest BCUT2D eigenvalue weighted by Gasteiger charge is -1.95. The molecule has 0 radical (unpaired) electrons. The number of hydrogen-bond acceptors (Lipinski definition) is 5. The Bertz CT molecular complexity index is 485. The Hall–Kier alpha value is -1.27. The molecular weight excluding hydrogens is 222 g/mol. The van der Waals surface area contributed by atoms with Gasteiger partial charge in [0.1, 0.15) is 5.01 Å². The molecule has 1 aliphatic rings. The predicted octanol–water partition coefficient (Wildman–Crippen LogP) is 1.49. The highest BCUT2D eigenvalue weighted by atomic mass is 32.1. The van der Waals surface area contributed by atoms with Crippen LogP contribution in [0.2, 0.25) is 0 Å². The summed E-state index contributed by atoms with van der Waals surface area (Å²) in [5.74, 6) is 0. The Morgan fingerprint density at radius 2 is 2.38 bits per heavy atom. The largest absolute Gasteiger partial charge is 0.308 e. The van der Waals surface area contributed by atoms with E-state index in [1.165, 1.54) is 12.8 Å². The second-order valence-corrected chi connectivity index (χ2v) is 5.13. The maximum absolute atomic E-state index is 4.19. The van der Waals surface area contributed by atoms with Gasteiger partial charge >= 0.3 is 0 Å². The molecule has 0 bridgehead atoms. The first-order chi connectivity index (χ1) is 7.83. The van der Waals surface area contributed by atoms with Crippen LogP contribution < -0.4 is 5.32 Å². The van der Waals surface area contributed by atoms with Crippen molar-refractivity contribution in [1.82, 2.24) is 25.7 Å². The molecule has 0 aliphatic heterocycles. The highest BCUT2D eigenvalue weighted by molar-refractivity contribution is 7.14. The summed E-state index contributed by atoms with van der Waals surface area (Å²) in [6.45, 7) is 2.82. The Morgan fingerprint density at radius 1 is 1.50 bits per heavy atom. The molecule has 3 rings (SSSR count). The fourth-order valence-electron chi connectivity index (χ4n) is 1.52. The van der Waals surface area contributed by atoms with Gasteiger partial charge in [0.15, 0.2) is 5.01 Å². The third-order valence-corrected chi connectivity index (χ3v) is 3.60. The van der Waals surface area contributed by atoms with Gasteiger partial charge in [-0.15, -0.1) is 10.2 Å². The lowest BCUT2D eigenvalue weighted by atomic mass is 10.3. The molecule has 16 heavy (non-hydrogen) atoms. The van der Waals surface area contributed by atoms with Crippen LogP contribution in [0.5, 0.6) is 0 Å². The molecule has 84 valence electrons. The van der Waals surface area contributed by atoms with E-state index in [0.717, 1.165) is 27.8 Å². The predicted molar refractivity (Wildman–Crippen MR) is 62.1 cm³/mol. The first-order valence-electron chi connectivity index (χ1n) is 5.39. The van der Waals surface area contributed by atoms with Gasteiger partial charge in [-0.05, 0) is 19.8 Å². The maximum atomic E-state index is 4.19. The number of aromatic nitrogens is 4. The summed E-state index contributed by atoms with van der Waals surface area (Å²) >= 11 is 1.63. The highest BCUT2D eigenvalue weighted by Gasteiger charge is 2.21. The van der Waals surface area contributed by atoms with Gasteiger partial charge in [0.25, 0.3) is 0 Å². The van der Waals surface area contributed by atoms with Crippen molar-refractivity contribution >= 4 is 11.3 Å². The lowest BCUT2D eigenvalue weighted by Crippen LogP contribution is -2.14. The molecule has 1 saturated carbocycles. The van der Waals surface area contributed by atoms with Crippen LogP contribution in [-0.2, 0) is 6.54 Å². The smallest absolute Gasteiger partial charge is 0.151 e. The molecule has 2 aromatic heterocycles. The number of nitrogens with zero attached hydrogens (tertiary/aromatic N) is 3. The zero-order valence-corrected chi connectivity index (χ0v) is 9.84. The Kier molecular flexibility index (Phi) is 2.45. The molecule has 6 heteroatoms. The van der Waals surface area contributed by atoms with Crippen molar-refractivity contribution in [2.45, 2.75) is 32.4 Å². The minimum atomic E-state index is 0.711. The summed E-state index contributed by atoms with van der Waals surface area (Å²) in [4.78, 5) is 0. The highest BCUT2D eigenvalue weighted by Crippen LogP contribution is 2.25. The zero-order chi connectivity index (χ0) is 11.0. The third-order valence-electron chi connectivity index (χ3n) is 2.65. The lowest BCUT2D eigenvalue weighted by molar-refractivity contribution is 0.679. The first kappa shape index (κ1) is 9.92. The molecule has 0 unspecified atom stereocenters. The van der Waals surface area contributed by atoms with Crippen molar-refractivity contribution in [3.8, 4) is 10.6 Å². The second kappa shape index (κ2) is 3.95. The van der Waals surface area contributed by atoms with E-state index in [1.807, 2.05) is 6.92 Å². The van der Waals surface area contributed by atoms with Crippen molar-refractivity contribution in [3.05, 3.63) is 16.9 Å². The van der Waals surface area contributed by atoms with Crippen LogP contribution in [0.4, 0.5) is 0 Å². The molecule has 1 fully saturated rings. The summed E-state index contributed by atoms with van der Waals surface area (Å²) in [6.07, 6.45) is 4.40. The number of nitrogens with one attached hydrogen (secondary N) is 2. The molecule has 2 aromatic rings. The quantitative estimate of drug-likeness (QED) is 0.842. The van der Waals surface area contributed by atoms with E-state index in [4.69, 9.17) is 0 Å². The van der Waals surface area contributed by atoms with Gasteiger partial charge in [0.05, 0.1) is 11.8 Å². The van der Waals surface area contributed by atoms with Crippen molar-refractivity contribution in [1.29, 1.82) is 0 Å². The number of hydrogen-bond donors (Lipinski definition) is 2. The molecular formula is C10H13N5S. The number of aromatic amines is 1. The monoisotopic (exact) mass is 235 g/mol. The van der Waals surface area contributed by atoms with Gasteiger partial charge in [-0.3, -0.25) is 5.10 Å². The van der Waals surface area contributed by atoms with Gasteiger partial charge in [-0.25, -0.2) is 0 Å². The van der Waals surface area contributed by atoms with E-state index in [2.05, 4.69) is 25.7 Å². The Labute approximate surface area is 97.3 Å². The van der Waals surface area contributed by atoms with Crippen LogP contribution in [0, 0.1) is 6.92 Å². The summed E-state index contributed by atoms with van der Waals surface area (Å²) < 4.78 is 0. The van der Waals surface area contributed by atoms with Crippen LogP contribution in [0.1, 0.15) is 23.5 Å². The molecule has 0 amide bonds. The van der Waals surface area contributed by atoms with Crippen molar-refractivity contribution in [2.75, 3.05) is 0 Å². The molecule has 2 N–H and O–H groups in total. The second-order valence-electron chi connectivity index (χ2n) is 4.06. The van der Waals surface area contributed by atoms with E-state index in [0.29, 0.717) is 6.04 Å². The molecule has 1 aliphatic carbocycles. The topological polar surface area (TPSA) is 66.5 Å². The molecule has 2 heterocycles. The number of rotatable bonds is 4. The van der Waals surface area contributed by atoms with E-state index in [9.17, 15) is 0 Å². The number of H-pyrrole nitrogens is 1. The van der Waals surface area contributed by atoms with Crippen molar-refractivity contribution in [3.63, 3.8) is 0 Å². The van der Waals surface area contributed by atoms with Gasteiger partial charge in [0, 0.05) is 18.3 Å². The first-order valence-corrected chi connectivity index (χ1v) is 6.20. The van der Waals surface area contributed by atoms with Gasteiger partial charge in [-0.2, -0.15) is 5.10 Å². The standard InChI is InChI=1S/C10H13N5S/c1-6-8(4-12-13-6)10-15-14-9(16-10)5-11-7-2-3-7/h4,7,11H,2-3,5H2,1H3,(H,12,13). The fraction of sp³-hybridized carbons (Fsp3) is 0.500. The van der Waals surface area contributed by atoms with Crippen LogP contribution in [-0.4, -0.2) is 26.4 Å². The molecule has 0 atom stereocenters. The van der Waals surface area contributed by atoms with Crippen molar-refractivity contribution in [2.24, 2.45) is 0 Å². The molecule has 0 spiro atoms. The van der Waals surface area contributed by atoms with E-state index in [1.54, 1.807) is 17.5 Å². The minimum Gasteiger partial charge on any atom is -0.308 e. The molecule has 0 saturated heterocycles. The van der Waals surface area contributed by atoms with Gasteiger partial charge in [-0.1, -0.05) is 11.3 Å². The Balaban J connectivity index is 1.74.